The van der Waals surface area contributed by atoms with Gasteiger partial charge in [-0.2, -0.15) is 0 Å². The Morgan fingerprint density at radius 2 is 1.89 bits per heavy atom. The summed E-state index contributed by atoms with van der Waals surface area (Å²) in [6, 6.07) is 14.9. The first-order valence-electron chi connectivity index (χ1n) is 8.80. The lowest BCUT2D eigenvalue weighted by atomic mass is 10.1. The molecule has 6 heteroatoms. The van der Waals surface area contributed by atoms with Crippen molar-refractivity contribution in [1.82, 2.24) is 19.3 Å². The summed E-state index contributed by atoms with van der Waals surface area (Å²) in [6.07, 6.45) is 1.76. The Balaban J connectivity index is 1.77. The van der Waals surface area contributed by atoms with E-state index in [1.165, 1.54) is 4.40 Å². The van der Waals surface area contributed by atoms with Gasteiger partial charge in [-0.3, -0.25) is 14.0 Å². The highest BCUT2D eigenvalue weighted by Crippen LogP contribution is 2.17. The monoisotopic (exact) mass is 360 g/mol. The van der Waals surface area contributed by atoms with Gasteiger partial charge in [-0.15, -0.1) is 0 Å². The average molecular weight is 360 g/mol. The van der Waals surface area contributed by atoms with E-state index in [-0.39, 0.29) is 17.5 Å². The number of nitrogens with one attached hydrogen (secondary N) is 1. The number of carbonyl (C=O) groups excluding carboxylic acids is 1. The summed E-state index contributed by atoms with van der Waals surface area (Å²) in [5.74, 6) is -0.239. The summed E-state index contributed by atoms with van der Waals surface area (Å²) in [5.41, 5.74) is 3.28. The molecule has 0 radical (unpaired) electrons. The fourth-order valence-corrected chi connectivity index (χ4v) is 3.29. The third-order valence-corrected chi connectivity index (χ3v) is 4.83. The standard InChI is InChI=1S/C21H20N4O2/c1-13-9-10-18-23-19-16(21(27)25(18)12-13)11-17(24(19)3)20(26)22-14(2)15-7-5-4-6-8-15/h4-12,14H,1-3H3,(H,22,26)/t14-/m1/s1. The summed E-state index contributed by atoms with van der Waals surface area (Å²) >= 11 is 0. The van der Waals surface area contributed by atoms with Gasteiger partial charge in [0.25, 0.3) is 11.5 Å². The predicted molar refractivity (Wildman–Crippen MR) is 105 cm³/mol. The predicted octanol–water partition coefficient (Wildman–Crippen LogP) is 2.99. The molecule has 0 fully saturated rings. The Kier molecular flexibility index (Phi) is 4.03. The van der Waals surface area contributed by atoms with Crippen molar-refractivity contribution in [3.8, 4) is 0 Å². The number of hydrogen-bond acceptors (Lipinski definition) is 3. The first-order chi connectivity index (χ1) is 13.0. The fraction of sp³-hybridized carbons (Fsp3) is 0.190. The molecule has 0 aliphatic heterocycles. The summed E-state index contributed by atoms with van der Waals surface area (Å²) in [7, 11) is 1.75. The van der Waals surface area contributed by atoms with Gasteiger partial charge in [-0.05, 0) is 37.1 Å². The van der Waals surface area contributed by atoms with Crippen molar-refractivity contribution in [1.29, 1.82) is 0 Å². The number of rotatable bonds is 3. The second kappa shape index (κ2) is 6.39. The second-order valence-corrected chi connectivity index (χ2v) is 6.78. The molecule has 0 aliphatic carbocycles. The van der Waals surface area contributed by atoms with Crippen molar-refractivity contribution in [2.75, 3.05) is 0 Å². The summed E-state index contributed by atoms with van der Waals surface area (Å²) < 4.78 is 3.19. The number of nitrogens with zero attached hydrogens (tertiary/aromatic N) is 3. The molecule has 6 nitrogen and oxygen atoms in total. The first-order valence-corrected chi connectivity index (χ1v) is 8.80. The van der Waals surface area contributed by atoms with Crippen LogP contribution in [0.3, 0.4) is 0 Å². The van der Waals surface area contributed by atoms with Crippen LogP contribution in [0.1, 0.15) is 34.6 Å². The molecule has 1 atom stereocenters. The van der Waals surface area contributed by atoms with Gasteiger partial charge in [-0.25, -0.2) is 4.98 Å². The van der Waals surface area contributed by atoms with Gasteiger partial charge in [0, 0.05) is 13.2 Å². The maximum Gasteiger partial charge on any atom is 0.268 e. The molecule has 1 N–H and O–H groups in total. The minimum Gasteiger partial charge on any atom is -0.344 e. The van der Waals surface area contributed by atoms with Crippen LogP contribution in [0.4, 0.5) is 0 Å². The van der Waals surface area contributed by atoms with E-state index >= 15 is 0 Å². The lowest BCUT2D eigenvalue weighted by Gasteiger charge is -2.14. The third kappa shape index (κ3) is 2.89. The number of pyridine rings is 1. The highest BCUT2D eigenvalue weighted by atomic mass is 16.2. The summed E-state index contributed by atoms with van der Waals surface area (Å²) in [6.45, 7) is 3.85. The van der Waals surface area contributed by atoms with E-state index in [4.69, 9.17) is 0 Å². The molecule has 0 saturated carbocycles. The van der Waals surface area contributed by atoms with Gasteiger partial charge in [0.1, 0.15) is 17.0 Å². The van der Waals surface area contributed by atoms with Gasteiger partial charge in [0.05, 0.1) is 11.4 Å². The highest BCUT2D eigenvalue weighted by Gasteiger charge is 2.19. The zero-order chi connectivity index (χ0) is 19.1. The number of benzene rings is 1. The summed E-state index contributed by atoms with van der Waals surface area (Å²) in [4.78, 5) is 30.2. The number of amides is 1. The van der Waals surface area contributed by atoms with Crippen LogP contribution in [0, 0.1) is 6.92 Å². The minimum absolute atomic E-state index is 0.146. The van der Waals surface area contributed by atoms with Gasteiger partial charge in [0.2, 0.25) is 0 Å². The molecule has 0 spiro atoms. The van der Waals surface area contributed by atoms with Crippen molar-refractivity contribution in [3.05, 3.63) is 81.9 Å². The quantitative estimate of drug-likeness (QED) is 0.611. The van der Waals surface area contributed by atoms with E-state index in [1.54, 1.807) is 29.9 Å². The molecule has 4 aromatic rings. The zero-order valence-corrected chi connectivity index (χ0v) is 15.4. The van der Waals surface area contributed by atoms with E-state index in [9.17, 15) is 9.59 Å². The number of fused-ring (bicyclic) bond motifs is 2. The molecule has 27 heavy (non-hydrogen) atoms. The van der Waals surface area contributed by atoms with E-state index in [2.05, 4.69) is 10.3 Å². The van der Waals surface area contributed by atoms with Crippen LogP contribution in [0.2, 0.25) is 0 Å². The van der Waals surface area contributed by atoms with Gasteiger partial charge < -0.3 is 9.88 Å². The topological polar surface area (TPSA) is 68.4 Å². The average Bonchev–Trinajstić information content (AvgIpc) is 3.00. The number of carbonyl (C=O) groups is 1. The van der Waals surface area contributed by atoms with Crippen LogP contribution < -0.4 is 10.9 Å². The van der Waals surface area contributed by atoms with Crippen LogP contribution in [-0.4, -0.2) is 19.9 Å². The third-order valence-electron chi connectivity index (χ3n) is 4.83. The lowest BCUT2D eigenvalue weighted by molar-refractivity contribution is 0.0932. The Hall–Kier alpha value is -3.41. The molecular formula is C21H20N4O2. The van der Waals surface area contributed by atoms with Crippen molar-refractivity contribution < 1.29 is 4.79 Å². The second-order valence-electron chi connectivity index (χ2n) is 6.78. The summed E-state index contributed by atoms with van der Waals surface area (Å²) in [5, 5.41) is 3.42. The molecule has 1 amide bonds. The van der Waals surface area contributed by atoms with E-state index in [1.807, 2.05) is 50.2 Å². The molecule has 3 aromatic heterocycles. The maximum absolute atomic E-state index is 12.8. The van der Waals surface area contributed by atoms with Gasteiger partial charge in [0.15, 0.2) is 0 Å². The molecular weight excluding hydrogens is 340 g/mol. The molecule has 0 aliphatic rings. The normalized spacial score (nSPS) is 12.4. The van der Waals surface area contributed by atoms with Crippen LogP contribution >= 0.6 is 0 Å². The van der Waals surface area contributed by atoms with Crippen LogP contribution in [0.15, 0.2) is 59.5 Å². The van der Waals surface area contributed by atoms with Crippen LogP contribution in [0.5, 0.6) is 0 Å². The van der Waals surface area contributed by atoms with Crippen molar-refractivity contribution >= 4 is 22.6 Å². The first kappa shape index (κ1) is 17.0. The Bertz CT molecular complexity index is 1220. The lowest BCUT2D eigenvalue weighted by Crippen LogP contribution is -2.28. The molecule has 136 valence electrons. The smallest absolute Gasteiger partial charge is 0.268 e. The number of aromatic nitrogens is 3. The largest absolute Gasteiger partial charge is 0.344 e. The van der Waals surface area contributed by atoms with E-state index < -0.39 is 0 Å². The van der Waals surface area contributed by atoms with Crippen LogP contribution in [0.25, 0.3) is 16.7 Å². The van der Waals surface area contributed by atoms with E-state index in [0.717, 1.165) is 11.1 Å². The minimum atomic E-state index is -0.239. The van der Waals surface area contributed by atoms with Crippen molar-refractivity contribution in [2.24, 2.45) is 7.05 Å². The molecule has 3 heterocycles. The maximum atomic E-state index is 12.8. The Morgan fingerprint density at radius 1 is 1.15 bits per heavy atom. The molecule has 0 saturated heterocycles. The fourth-order valence-electron chi connectivity index (χ4n) is 3.29. The number of aryl methyl sites for hydroxylation is 2. The Morgan fingerprint density at radius 3 is 2.63 bits per heavy atom. The molecule has 0 unspecified atom stereocenters. The molecule has 4 rings (SSSR count). The van der Waals surface area contributed by atoms with Crippen LogP contribution in [-0.2, 0) is 7.05 Å². The van der Waals surface area contributed by atoms with Gasteiger partial charge >= 0.3 is 0 Å². The molecule has 0 bridgehead atoms. The molecule has 1 aromatic carbocycles. The zero-order valence-electron chi connectivity index (χ0n) is 15.4. The van der Waals surface area contributed by atoms with Gasteiger partial charge in [-0.1, -0.05) is 36.4 Å². The Labute approximate surface area is 156 Å². The number of hydrogen-bond donors (Lipinski definition) is 1. The highest BCUT2D eigenvalue weighted by molar-refractivity contribution is 5.98. The van der Waals surface area contributed by atoms with E-state index in [0.29, 0.717) is 22.4 Å². The SMILES string of the molecule is Cc1ccc2nc3c(cc(C(=O)N[C@H](C)c4ccccc4)n3C)c(=O)n2c1. The van der Waals surface area contributed by atoms with Crippen molar-refractivity contribution in [3.63, 3.8) is 0 Å². The van der Waals surface area contributed by atoms with Crippen molar-refractivity contribution in [2.45, 2.75) is 19.9 Å².